The molecule has 0 radical (unpaired) electrons. The van der Waals surface area contributed by atoms with Gasteiger partial charge in [-0.25, -0.2) is 0 Å². The van der Waals surface area contributed by atoms with Crippen molar-refractivity contribution in [3.63, 3.8) is 0 Å². The second-order valence-electron chi connectivity index (χ2n) is 5.14. The van der Waals surface area contributed by atoms with E-state index in [1.807, 2.05) is 0 Å². The van der Waals surface area contributed by atoms with Crippen LogP contribution in [0.15, 0.2) is 12.1 Å². The van der Waals surface area contributed by atoms with Crippen molar-refractivity contribution in [2.45, 2.75) is 19.8 Å². The molecule has 2 N–H and O–H groups in total. The molecule has 0 aromatic heterocycles. The summed E-state index contributed by atoms with van der Waals surface area (Å²) in [6.45, 7) is 2.88. The molecule has 22 heavy (non-hydrogen) atoms. The molecule has 1 fully saturated rings. The fraction of sp³-hybridized carbons (Fsp3) is 0.467. The normalized spacial score (nSPS) is 15.6. The van der Waals surface area contributed by atoms with E-state index >= 15 is 0 Å². The fourth-order valence-corrected chi connectivity index (χ4v) is 2.69. The number of phenols is 1. The van der Waals surface area contributed by atoms with E-state index in [1.54, 1.807) is 11.8 Å². The Labute approximate surface area is 133 Å². The lowest BCUT2D eigenvalue weighted by Crippen LogP contribution is -2.40. The zero-order valence-electron chi connectivity index (χ0n) is 12.2. The minimum absolute atomic E-state index is 0.0507. The number of nitrogens with zero attached hydrogens (tertiary/aromatic N) is 1. The minimum Gasteiger partial charge on any atom is -0.503 e. The third-order valence-electron chi connectivity index (χ3n) is 3.71. The van der Waals surface area contributed by atoms with Gasteiger partial charge in [0.15, 0.2) is 11.5 Å². The molecule has 1 amide bonds. The first-order valence-corrected chi connectivity index (χ1v) is 7.49. The predicted molar refractivity (Wildman–Crippen MR) is 80.5 cm³/mol. The van der Waals surface area contributed by atoms with Gasteiger partial charge in [-0.05, 0) is 31.9 Å². The highest BCUT2D eigenvalue weighted by Gasteiger charge is 2.28. The van der Waals surface area contributed by atoms with Crippen LogP contribution >= 0.6 is 11.6 Å². The van der Waals surface area contributed by atoms with E-state index < -0.39 is 11.9 Å². The quantitative estimate of drug-likeness (QED) is 0.886. The van der Waals surface area contributed by atoms with Crippen molar-refractivity contribution in [3.05, 3.63) is 22.7 Å². The molecule has 0 saturated carbocycles. The van der Waals surface area contributed by atoms with Crippen LogP contribution in [-0.4, -0.2) is 46.7 Å². The van der Waals surface area contributed by atoms with Crippen molar-refractivity contribution in [2.24, 2.45) is 5.92 Å². The van der Waals surface area contributed by atoms with Crippen LogP contribution < -0.4 is 4.74 Å². The van der Waals surface area contributed by atoms with Gasteiger partial charge in [0.1, 0.15) is 0 Å². The maximum Gasteiger partial charge on any atom is 0.306 e. The molecule has 0 unspecified atom stereocenters. The summed E-state index contributed by atoms with van der Waals surface area (Å²) >= 11 is 5.92. The largest absolute Gasteiger partial charge is 0.503 e. The lowest BCUT2D eigenvalue weighted by atomic mass is 9.96. The number of hydrogen-bond acceptors (Lipinski definition) is 4. The smallest absolute Gasteiger partial charge is 0.306 e. The Bertz CT molecular complexity index is 582. The lowest BCUT2D eigenvalue weighted by Gasteiger charge is -2.30. The predicted octanol–water partition coefficient (Wildman–Crippen LogP) is 2.38. The molecule has 1 aromatic rings. The number of hydrogen-bond donors (Lipinski definition) is 2. The Morgan fingerprint density at radius 1 is 1.36 bits per heavy atom. The van der Waals surface area contributed by atoms with Gasteiger partial charge in [-0.15, -0.1) is 0 Å². The average Bonchev–Trinajstić information content (AvgIpc) is 2.51. The van der Waals surface area contributed by atoms with Crippen molar-refractivity contribution < 1.29 is 24.5 Å². The molecule has 0 aliphatic carbocycles. The van der Waals surface area contributed by atoms with Crippen LogP contribution in [0.4, 0.5) is 0 Å². The number of phenolic OH excluding ortho intramolecular Hbond substituents is 1. The average molecular weight is 328 g/mol. The molecule has 1 saturated heterocycles. The molecule has 120 valence electrons. The number of piperidine rings is 1. The number of aliphatic carboxylic acids is 1. The van der Waals surface area contributed by atoms with Crippen molar-refractivity contribution in [1.29, 1.82) is 0 Å². The summed E-state index contributed by atoms with van der Waals surface area (Å²) in [5.74, 6) is -1.49. The summed E-state index contributed by atoms with van der Waals surface area (Å²) in [6.07, 6.45) is 0.871. The van der Waals surface area contributed by atoms with Gasteiger partial charge in [-0.1, -0.05) is 11.6 Å². The maximum atomic E-state index is 12.5. The van der Waals surface area contributed by atoms with Crippen LogP contribution in [-0.2, 0) is 4.79 Å². The first-order chi connectivity index (χ1) is 10.4. The molecule has 7 heteroatoms. The number of amides is 1. The van der Waals surface area contributed by atoms with Gasteiger partial charge >= 0.3 is 5.97 Å². The van der Waals surface area contributed by atoms with Crippen molar-refractivity contribution in [2.75, 3.05) is 19.7 Å². The van der Waals surface area contributed by atoms with E-state index in [4.69, 9.17) is 21.4 Å². The van der Waals surface area contributed by atoms with E-state index in [-0.39, 0.29) is 22.4 Å². The molecule has 0 spiro atoms. The van der Waals surface area contributed by atoms with Crippen LogP contribution in [0.2, 0.25) is 5.02 Å². The highest BCUT2D eigenvalue weighted by Crippen LogP contribution is 2.35. The van der Waals surface area contributed by atoms with Crippen molar-refractivity contribution >= 4 is 23.5 Å². The number of likely N-dealkylation sites (tertiary alicyclic amines) is 1. The zero-order valence-corrected chi connectivity index (χ0v) is 13.0. The summed E-state index contributed by atoms with van der Waals surface area (Å²) in [6, 6.07) is 2.85. The standard InChI is InChI=1S/C15H18ClNO5/c1-2-22-12-8-10(7-11(16)13(12)18)14(19)17-5-3-9(4-6-17)15(20)21/h7-9,18H,2-6H2,1H3,(H,20,21). The minimum atomic E-state index is -0.821. The molecular weight excluding hydrogens is 310 g/mol. The van der Waals surface area contributed by atoms with Crippen LogP contribution in [0.5, 0.6) is 11.5 Å². The van der Waals surface area contributed by atoms with Crippen molar-refractivity contribution in [1.82, 2.24) is 4.90 Å². The lowest BCUT2D eigenvalue weighted by molar-refractivity contribution is -0.143. The molecule has 2 rings (SSSR count). The second-order valence-corrected chi connectivity index (χ2v) is 5.55. The molecule has 1 aromatic carbocycles. The highest BCUT2D eigenvalue weighted by atomic mass is 35.5. The van der Waals surface area contributed by atoms with E-state index in [0.717, 1.165) is 0 Å². The summed E-state index contributed by atoms with van der Waals surface area (Å²) in [5, 5.41) is 18.8. The van der Waals surface area contributed by atoms with Crippen LogP contribution in [0.3, 0.4) is 0 Å². The number of carboxylic acid groups (broad SMARTS) is 1. The maximum absolute atomic E-state index is 12.5. The Morgan fingerprint density at radius 3 is 2.55 bits per heavy atom. The highest BCUT2D eigenvalue weighted by molar-refractivity contribution is 6.32. The van der Waals surface area contributed by atoms with E-state index in [1.165, 1.54) is 12.1 Å². The van der Waals surface area contributed by atoms with Gasteiger partial charge < -0.3 is 19.8 Å². The summed E-state index contributed by atoms with van der Waals surface area (Å²) in [7, 11) is 0. The third-order valence-corrected chi connectivity index (χ3v) is 3.99. The summed E-state index contributed by atoms with van der Waals surface area (Å²) < 4.78 is 5.26. The van der Waals surface area contributed by atoms with Gasteiger partial charge in [-0.3, -0.25) is 9.59 Å². The number of ether oxygens (including phenoxy) is 1. The van der Waals surface area contributed by atoms with Gasteiger partial charge in [0, 0.05) is 18.7 Å². The molecule has 1 aliphatic heterocycles. The molecule has 1 aliphatic rings. The number of carbonyl (C=O) groups is 2. The molecule has 1 heterocycles. The van der Waals surface area contributed by atoms with Gasteiger partial charge in [-0.2, -0.15) is 0 Å². The van der Waals surface area contributed by atoms with Crippen LogP contribution in [0.25, 0.3) is 0 Å². The Kier molecular flexibility index (Phi) is 5.13. The van der Waals surface area contributed by atoms with E-state index in [0.29, 0.717) is 38.1 Å². The third kappa shape index (κ3) is 3.44. The Morgan fingerprint density at radius 2 is 2.00 bits per heavy atom. The number of benzene rings is 1. The number of rotatable bonds is 4. The van der Waals surface area contributed by atoms with Crippen molar-refractivity contribution in [3.8, 4) is 11.5 Å². The summed E-state index contributed by atoms with van der Waals surface area (Å²) in [4.78, 5) is 25.0. The first-order valence-electron chi connectivity index (χ1n) is 7.11. The van der Waals surface area contributed by atoms with Gasteiger partial charge in [0.2, 0.25) is 0 Å². The number of aromatic hydroxyl groups is 1. The van der Waals surface area contributed by atoms with Crippen LogP contribution in [0.1, 0.15) is 30.1 Å². The topological polar surface area (TPSA) is 87.1 Å². The number of halogens is 1. The molecule has 0 bridgehead atoms. The van der Waals surface area contributed by atoms with E-state index in [2.05, 4.69) is 0 Å². The Hall–Kier alpha value is -1.95. The first kappa shape index (κ1) is 16.4. The fourth-order valence-electron chi connectivity index (χ4n) is 2.47. The molecule has 6 nitrogen and oxygen atoms in total. The SMILES string of the molecule is CCOc1cc(C(=O)N2CCC(C(=O)O)CC2)cc(Cl)c1O. The Balaban J connectivity index is 2.15. The van der Waals surface area contributed by atoms with E-state index in [9.17, 15) is 14.7 Å². The van der Waals surface area contributed by atoms with Crippen LogP contribution in [0, 0.1) is 5.92 Å². The zero-order chi connectivity index (χ0) is 16.3. The summed E-state index contributed by atoms with van der Waals surface area (Å²) in [5.41, 5.74) is 0.319. The molecule has 0 atom stereocenters. The van der Waals surface area contributed by atoms with Gasteiger partial charge in [0.05, 0.1) is 17.5 Å². The number of carbonyl (C=O) groups excluding carboxylic acids is 1. The monoisotopic (exact) mass is 327 g/mol. The molecular formula is C15H18ClNO5. The number of carboxylic acids is 1. The van der Waals surface area contributed by atoms with Gasteiger partial charge in [0.25, 0.3) is 5.91 Å². The second kappa shape index (κ2) is 6.87.